The van der Waals surface area contributed by atoms with E-state index in [9.17, 15) is 9.18 Å². The van der Waals surface area contributed by atoms with E-state index in [2.05, 4.69) is 26.2 Å². The summed E-state index contributed by atoms with van der Waals surface area (Å²) in [6.07, 6.45) is 4.46. The van der Waals surface area contributed by atoms with Gasteiger partial charge in [0, 0.05) is 26.3 Å². The number of imidazole rings is 1. The number of pyridine rings is 1. The zero-order chi connectivity index (χ0) is 19.4. The number of nitrogens with one attached hydrogen (secondary N) is 2. The zero-order valence-corrected chi connectivity index (χ0v) is 15.9. The van der Waals surface area contributed by atoms with Gasteiger partial charge in [0.2, 0.25) is 5.91 Å². The lowest BCUT2D eigenvalue weighted by Crippen LogP contribution is -2.36. The fourth-order valence-electron chi connectivity index (χ4n) is 3.26. The number of carbonyl (C=O) groups is 1. The second kappa shape index (κ2) is 8.31. The number of aryl methyl sites for hydroxylation is 2. The Bertz CT molecular complexity index is 951. The first-order valence-corrected chi connectivity index (χ1v) is 9.08. The van der Waals surface area contributed by atoms with Crippen molar-refractivity contribution in [2.24, 2.45) is 5.92 Å². The van der Waals surface area contributed by atoms with Crippen LogP contribution in [-0.2, 0) is 17.8 Å². The van der Waals surface area contributed by atoms with E-state index in [1.165, 1.54) is 12.1 Å². The Hall–Kier alpha value is -2.73. The van der Waals surface area contributed by atoms with Gasteiger partial charge in [-0.1, -0.05) is 12.1 Å². The molecule has 1 amide bonds. The number of hydrogen-bond acceptors (Lipinski definition) is 3. The van der Waals surface area contributed by atoms with Crippen LogP contribution in [0.25, 0.3) is 5.65 Å². The molecule has 0 aliphatic rings. The third-order valence-corrected chi connectivity index (χ3v) is 4.82. The quantitative estimate of drug-likeness (QED) is 0.674. The first-order chi connectivity index (χ1) is 13.0. The van der Waals surface area contributed by atoms with Crippen molar-refractivity contribution in [2.45, 2.75) is 26.8 Å². The summed E-state index contributed by atoms with van der Waals surface area (Å²) < 4.78 is 15.4. The van der Waals surface area contributed by atoms with Crippen LogP contribution >= 0.6 is 0 Å². The molecule has 2 heterocycles. The summed E-state index contributed by atoms with van der Waals surface area (Å²) in [5, 5.41) is 6.10. The van der Waals surface area contributed by atoms with Gasteiger partial charge in [-0.3, -0.25) is 4.79 Å². The van der Waals surface area contributed by atoms with E-state index in [0.29, 0.717) is 19.5 Å². The van der Waals surface area contributed by atoms with E-state index in [0.717, 1.165) is 28.0 Å². The van der Waals surface area contributed by atoms with Gasteiger partial charge in [-0.05, 0) is 55.2 Å². The molecule has 1 unspecified atom stereocenters. The SMILES string of the molecule is CNC(=O)C(CNCc1cnc2ccc(C)cn12)Cc1ccc(F)cc1C. The average molecular weight is 368 g/mol. The van der Waals surface area contributed by atoms with Crippen molar-refractivity contribution in [3.8, 4) is 0 Å². The van der Waals surface area contributed by atoms with Gasteiger partial charge in [0.1, 0.15) is 11.5 Å². The fourth-order valence-corrected chi connectivity index (χ4v) is 3.26. The minimum atomic E-state index is -0.256. The summed E-state index contributed by atoms with van der Waals surface area (Å²) in [5.74, 6) is -0.519. The molecule has 0 radical (unpaired) electrons. The number of halogens is 1. The van der Waals surface area contributed by atoms with Crippen molar-refractivity contribution < 1.29 is 9.18 Å². The minimum Gasteiger partial charge on any atom is -0.359 e. The Morgan fingerprint density at radius 1 is 1.26 bits per heavy atom. The molecular weight excluding hydrogens is 343 g/mol. The van der Waals surface area contributed by atoms with Crippen LogP contribution in [0.15, 0.2) is 42.7 Å². The van der Waals surface area contributed by atoms with Crippen LogP contribution in [0, 0.1) is 25.6 Å². The van der Waals surface area contributed by atoms with E-state index in [1.54, 1.807) is 13.1 Å². The molecule has 0 bridgehead atoms. The molecule has 2 aromatic heterocycles. The van der Waals surface area contributed by atoms with Crippen molar-refractivity contribution in [2.75, 3.05) is 13.6 Å². The van der Waals surface area contributed by atoms with E-state index < -0.39 is 0 Å². The van der Waals surface area contributed by atoms with Gasteiger partial charge in [0.25, 0.3) is 0 Å². The Labute approximate surface area is 158 Å². The number of hydrogen-bond donors (Lipinski definition) is 2. The molecule has 0 saturated heterocycles. The summed E-state index contributed by atoms with van der Waals surface area (Å²) in [6, 6.07) is 8.73. The third kappa shape index (κ3) is 4.52. The Morgan fingerprint density at radius 3 is 2.81 bits per heavy atom. The monoisotopic (exact) mass is 368 g/mol. The van der Waals surface area contributed by atoms with Crippen molar-refractivity contribution in [1.29, 1.82) is 0 Å². The van der Waals surface area contributed by atoms with E-state index in [1.807, 2.05) is 32.2 Å². The minimum absolute atomic E-state index is 0.0276. The second-order valence-corrected chi connectivity index (χ2v) is 6.90. The molecule has 6 heteroatoms. The maximum absolute atomic E-state index is 13.3. The predicted molar refractivity (Wildman–Crippen MR) is 104 cm³/mol. The molecule has 0 aliphatic carbocycles. The Kier molecular flexibility index (Phi) is 5.86. The van der Waals surface area contributed by atoms with Gasteiger partial charge >= 0.3 is 0 Å². The maximum atomic E-state index is 13.3. The first-order valence-electron chi connectivity index (χ1n) is 9.08. The van der Waals surface area contributed by atoms with Crippen LogP contribution in [0.3, 0.4) is 0 Å². The molecule has 1 atom stereocenters. The highest BCUT2D eigenvalue weighted by Gasteiger charge is 2.19. The lowest BCUT2D eigenvalue weighted by Gasteiger charge is -2.17. The van der Waals surface area contributed by atoms with Crippen LogP contribution in [0.4, 0.5) is 4.39 Å². The molecule has 0 aliphatic heterocycles. The summed E-state index contributed by atoms with van der Waals surface area (Å²) >= 11 is 0. The number of fused-ring (bicyclic) bond motifs is 1. The van der Waals surface area contributed by atoms with Crippen LogP contribution in [0.1, 0.15) is 22.4 Å². The molecule has 0 fully saturated rings. The highest BCUT2D eigenvalue weighted by atomic mass is 19.1. The standard InChI is InChI=1S/C21H25FN4O/c1-14-4-7-20-25-12-19(26(20)13-14)11-24-10-17(21(27)23-3)9-16-5-6-18(22)8-15(16)2/h4-8,12-13,17,24H,9-11H2,1-3H3,(H,23,27). The van der Waals surface area contributed by atoms with Crippen LogP contribution in [0.5, 0.6) is 0 Å². The van der Waals surface area contributed by atoms with Gasteiger partial charge in [0.05, 0.1) is 17.8 Å². The Morgan fingerprint density at radius 2 is 2.07 bits per heavy atom. The van der Waals surface area contributed by atoms with Crippen LogP contribution in [0.2, 0.25) is 0 Å². The largest absolute Gasteiger partial charge is 0.359 e. The highest BCUT2D eigenvalue weighted by Crippen LogP contribution is 2.16. The normalized spacial score (nSPS) is 12.3. The third-order valence-electron chi connectivity index (χ3n) is 4.82. The first kappa shape index (κ1) is 19.0. The predicted octanol–water partition coefficient (Wildman–Crippen LogP) is 2.78. The molecule has 0 saturated carbocycles. The second-order valence-electron chi connectivity index (χ2n) is 6.90. The molecule has 3 rings (SSSR count). The van der Waals surface area contributed by atoms with E-state index in [4.69, 9.17) is 0 Å². The van der Waals surface area contributed by atoms with Crippen LogP contribution < -0.4 is 10.6 Å². The zero-order valence-electron chi connectivity index (χ0n) is 15.9. The van der Waals surface area contributed by atoms with Gasteiger partial charge < -0.3 is 15.0 Å². The lowest BCUT2D eigenvalue weighted by atomic mass is 9.95. The van der Waals surface area contributed by atoms with Crippen molar-refractivity contribution in [3.63, 3.8) is 0 Å². The smallest absolute Gasteiger partial charge is 0.224 e. The number of carbonyl (C=O) groups excluding carboxylic acids is 1. The van der Waals surface area contributed by atoms with Gasteiger partial charge in [-0.15, -0.1) is 0 Å². The van der Waals surface area contributed by atoms with E-state index >= 15 is 0 Å². The molecule has 142 valence electrons. The number of amides is 1. The van der Waals surface area contributed by atoms with Gasteiger partial charge in [0.15, 0.2) is 0 Å². The summed E-state index contributed by atoms with van der Waals surface area (Å²) in [5.41, 5.74) is 4.96. The Balaban J connectivity index is 1.67. The van der Waals surface area contributed by atoms with Crippen molar-refractivity contribution in [1.82, 2.24) is 20.0 Å². The fraction of sp³-hybridized carbons (Fsp3) is 0.333. The van der Waals surface area contributed by atoms with Crippen molar-refractivity contribution in [3.05, 3.63) is 70.9 Å². The lowest BCUT2D eigenvalue weighted by molar-refractivity contribution is -0.124. The van der Waals surface area contributed by atoms with Gasteiger partial charge in [-0.25, -0.2) is 9.37 Å². The van der Waals surface area contributed by atoms with E-state index in [-0.39, 0.29) is 17.6 Å². The molecule has 2 N–H and O–H groups in total. The number of benzene rings is 1. The molecule has 5 nitrogen and oxygen atoms in total. The molecule has 3 aromatic rings. The highest BCUT2D eigenvalue weighted by molar-refractivity contribution is 5.79. The van der Waals surface area contributed by atoms with Gasteiger partial charge in [-0.2, -0.15) is 0 Å². The topological polar surface area (TPSA) is 58.4 Å². The molecular formula is C21H25FN4O. The number of nitrogens with zero attached hydrogens (tertiary/aromatic N) is 2. The summed E-state index contributed by atoms with van der Waals surface area (Å²) in [4.78, 5) is 16.7. The molecule has 1 aromatic carbocycles. The summed E-state index contributed by atoms with van der Waals surface area (Å²) in [6.45, 7) is 5.05. The van der Waals surface area contributed by atoms with Crippen LogP contribution in [-0.4, -0.2) is 28.9 Å². The number of aromatic nitrogens is 2. The maximum Gasteiger partial charge on any atom is 0.224 e. The summed E-state index contributed by atoms with van der Waals surface area (Å²) in [7, 11) is 1.64. The number of rotatable bonds is 7. The average Bonchev–Trinajstić information content (AvgIpc) is 3.04. The molecule has 0 spiro atoms. The molecule has 27 heavy (non-hydrogen) atoms. The van der Waals surface area contributed by atoms with Crippen molar-refractivity contribution >= 4 is 11.6 Å².